The van der Waals surface area contributed by atoms with Gasteiger partial charge in [-0.3, -0.25) is 4.68 Å². The molecule has 0 radical (unpaired) electrons. The summed E-state index contributed by atoms with van der Waals surface area (Å²) >= 11 is 0. The summed E-state index contributed by atoms with van der Waals surface area (Å²) in [5.74, 6) is 0.662. The Bertz CT molecular complexity index is 909. The molecule has 0 aliphatic carbocycles. The van der Waals surface area contributed by atoms with Crippen molar-refractivity contribution in [2.45, 2.75) is 25.3 Å². The zero-order valence-corrected chi connectivity index (χ0v) is 14.5. The molecule has 1 aliphatic heterocycles. The van der Waals surface area contributed by atoms with E-state index in [1.807, 2.05) is 25.1 Å². The van der Waals surface area contributed by atoms with Crippen LogP contribution in [0.5, 0.6) is 0 Å². The van der Waals surface area contributed by atoms with Gasteiger partial charge in [0.15, 0.2) is 11.3 Å². The maximum Gasteiger partial charge on any atom is 0.331 e. The van der Waals surface area contributed by atoms with Crippen molar-refractivity contribution in [3.63, 3.8) is 0 Å². The van der Waals surface area contributed by atoms with E-state index < -0.39 is 11.5 Å². The molecule has 0 aromatic carbocycles. The smallest absolute Gasteiger partial charge is 0.331 e. The lowest BCUT2D eigenvalue weighted by Crippen LogP contribution is -2.51. The highest BCUT2D eigenvalue weighted by molar-refractivity contribution is 5.77. The van der Waals surface area contributed by atoms with Crippen LogP contribution in [-0.2, 0) is 10.3 Å². The summed E-state index contributed by atoms with van der Waals surface area (Å²) in [6.07, 6.45) is 6.00. The second kappa shape index (κ2) is 6.33. The number of nitrogens with zero attached hydrogens (tertiary/aromatic N) is 4. The zero-order valence-electron chi connectivity index (χ0n) is 14.5. The normalized spacial score (nSPS) is 16.6. The molecule has 1 saturated heterocycles. The van der Waals surface area contributed by atoms with Gasteiger partial charge in [-0.05, 0) is 42.8 Å². The Morgan fingerprint density at radius 1 is 1.27 bits per heavy atom. The second-order valence-electron chi connectivity index (χ2n) is 6.64. The zero-order chi connectivity index (χ0) is 18.1. The lowest BCUT2D eigenvalue weighted by atomic mass is 9.87. The molecule has 7 heteroatoms. The second-order valence-corrected chi connectivity index (χ2v) is 6.64. The Kier molecular flexibility index (Phi) is 3.99. The predicted molar refractivity (Wildman–Crippen MR) is 96.0 cm³/mol. The molecule has 7 nitrogen and oxygen atoms in total. The lowest BCUT2D eigenvalue weighted by Gasteiger charge is -2.39. The number of anilines is 1. The maximum absolute atomic E-state index is 12.2. The van der Waals surface area contributed by atoms with E-state index in [2.05, 4.69) is 15.0 Å². The van der Waals surface area contributed by atoms with Gasteiger partial charge in [-0.25, -0.2) is 9.78 Å². The number of carboxylic acids is 1. The molecule has 0 unspecified atom stereocenters. The van der Waals surface area contributed by atoms with E-state index in [0.717, 1.165) is 11.4 Å². The first kappa shape index (κ1) is 16.4. The molecule has 1 N–H and O–H groups in total. The molecule has 134 valence electrons. The molecule has 1 aliphatic rings. The van der Waals surface area contributed by atoms with E-state index >= 15 is 0 Å². The molecular weight excluding hydrogens is 332 g/mol. The highest BCUT2D eigenvalue weighted by Crippen LogP contribution is 2.33. The molecule has 3 aromatic rings. The summed E-state index contributed by atoms with van der Waals surface area (Å²) < 4.78 is 6.94. The van der Waals surface area contributed by atoms with Crippen molar-refractivity contribution < 1.29 is 14.3 Å². The minimum Gasteiger partial charge on any atom is -0.479 e. The van der Waals surface area contributed by atoms with Crippen molar-refractivity contribution in [3.8, 4) is 11.5 Å². The van der Waals surface area contributed by atoms with Crippen molar-refractivity contribution in [1.29, 1.82) is 0 Å². The number of hydrogen-bond acceptors (Lipinski definition) is 5. The summed E-state index contributed by atoms with van der Waals surface area (Å²) in [6.45, 7) is 3.24. The summed E-state index contributed by atoms with van der Waals surface area (Å²) in [5.41, 5.74) is 0.726. The monoisotopic (exact) mass is 352 g/mol. The number of aromatic nitrogens is 3. The maximum atomic E-state index is 12.2. The molecule has 0 spiro atoms. The van der Waals surface area contributed by atoms with E-state index in [1.165, 1.54) is 0 Å². The van der Waals surface area contributed by atoms with Crippen LogP contribution in [0.2, 0.25) is 0 Å². The largest absolute Gasteiger partial charge is 0.479 e. The molecule has 4 heterocycles. The van der Waals surface area contributed by atoms with E-state index in [9.17, 15) is 9.90 Å². The van der Waals surface area contributed by atoms with Gasteiger partial charge in [-0.1, -0.05) is 0 Å². The summed E-state index contributed by atoms with van der Waals surface area (Å²) in [4.78, 5) is 18.7. The molecular formula is C19H20N4O3. The standard InChI is InChI=1S/C19H20N4O3/c1-14-4-8-20-17(13-14)22-10-6-19(7-11-22,18(24)25)23-9-5-15(21-23)16-3-2-12-26-16/h2-5,8-9,12-13H,6-7,10-11H2,1H3,(H,24,25). The third-order valence-electron chi connectivity index (χ3n) is 5.01. The predicted octanol–water partition coefficient (Wildman–Crippen LogP) is 2.93. The molecule has 3 aromatic heterocycles. The first-order valence-electron chi connectivity index (χ1n) is 8.59. The number of furan rings is 1. The fraction of sp³-hybridized carbons (Fsp3) is 0.316. The Hall–Kier alpha value is -3.09. The minimum absolute atomic E-state index is 0.456. The van der Waals surface area contributed by atoms with Crippen LogP contribution in [0.25, 0.3) is 11.5 Å². The first-order chi connectivity index (χ1) is 12.6. The fourth-order valence-corrected chi connectivity index (χ4v) is 3.46. The summed E-state index contributed by atoms with van der Waals surface area (Å²) in [7, 11) is 0. The third kappa shape index (κ3) is 2.75. The number of piperidine rings is 1. The number of carboxylic acid groups (broad SMARTS) is 1. The average Bonchev–Trinajstić information content (AvgIpc) is 3.33. The Morgan fingerprint density at radius 2 is 2.08 bits per heavy atom. The van der Waals surface area contributed by atoms with Crippen LogP contribution in [0.1, 0.15) is 18.4 Å². The molecule has 0 bridgehead atoms. The van der Waals surface area contributed by atoms with Crippen LogP contribution >= 0.6 is 0 Å². The number of pyridine rings is 1. The van der Waals surface area contributed by atoms with Gasteiger partial charge in [0.1, 0.15) is 11.5 Å². The Labute approximate surface area is 150 Å². The van der Waals surface area contributed by atoms with Gasteiger partial charge in [0.25, 0.3) is 0 Å². The number of hydrogen-bond donors (Lipinski definition) is 1. The van der Waals surface area contributed by atoms with Crippen LogP contribution in [0.4, 0.5) is 5.82 Å². The number of aryl methyl sites for hydroxylation is 1. The SMILES string of the molecule is Cc1ccnc(N2CCC(C(=O)O)(n3ccc(-c4ccco4)n3)CC2)c1. The molecule has 0 atom stereocenters. The van der Waals surface area contributed by atoms with Crippen LogP contribution in [0.3, 0.4) is 0 Å². The van der Waals surface area contributed by atoms with Crippen LogP contribution < -0.4 is 4.90 Å². The molecule has 26 heavy (non-hydrogen) atoms. The Balaban J connectivity index is 1.58. The molecule has 1 fully saturated rings. The minimum atomic E-state index is -1.05. The van der Waals surface area contributed by atoms with Crippen LogP contribution in [0, 0.1) is 6.92 Å². The van der Waals surface area contributed by atoms with E-state index in [0.29, 0.717) is 37.4 Å². The molecule has 0 saturated carbocycles. The first-order valence-corrected chi connectivity index (χ1v) is 8.59. The van der Waals surface area contributed by atoms with Gasteiger partial charge in [-0.15, -0.1) is 0 Å². The van der Waals surface area contributed by atoms with Gasteiger partial charge >= 0.3 is 5.97 Å². The number of rotatable bonds is 4. The van der Waals surface area contributed by atoms with Gasteiger partial charge in [0.2, 0.25) is 0 Å². The van der Waals surface area contributed by atoms with Gasteiger partial charge < -0.3 is 14.4 Å². The van der Waals surface area contributed by atoms with E-state index in [4.69, 9.17) is 4.42 Å². The van der Waals surface area contributed by atoms with Crippen LogP contribution in [0.15, 0.2) is 53.4 Å². The van der Waals surface area contributed by atoms with Gasteiger partial charge in [-0.2, -0.15) is 5.10 Å². The van der Waals surface area contributed by atoms with Gasteiger partial charge in [0, 0.05) is 38.3 Å². The third-order valence-corrected chi connectivity index (χ3v) is 5.01. The fourth-order valence-electron chi connectivity index (χ4n) is 3.46. The van der Waals surface area contributed by atoms with Crippen molar-refractivity contribution in [1.82, 2.24) is 14.8 Å². The summed E-state index contributed by atoms with van der Waals surface area (Å²) in [5, 5.41) is 14.5. The number of carbonyl (C=O) groups is 1. The van der Waals surface area contributed by atoms with E-state index in [-0.39, 0.29) is 0 Å². The van der Waals surface area contributed by atoms with Crippen molar-refractivity contribution in [2.75, 3.05) is 18.0 Å². The quantitative estimate of drug-likeness (QED) is 0.777. The van der Waals surface area contributed by atoms with Crippen molar-refractivity contribution >= 4 is 11.8 Å². The highest BCUT2D eigenvalue weighted by Gasteiger charge is 2.44. The Morgan fingerprint density at radius 3 is 2.73 bits per heavy atom. The van der Waals surface area contributed by atoms with E-state index in [1.54, 1.807) is 35.5 Å². The van der Waals surface area contributed by atoms with Crippen molar-refractivity contribution in [3.05, 3.63) is 54.6 Å². The topological polar surface area (TPSA) is 84.4 Å². The van der Waals surface area contributed by atoms with Crippen molar-refractivity contribution in [2.24, 2.45) is 0 Å². The van der Waals surface area contributed by atoms with Crippen LogP contribution in [-0.4, -0.2) is 38.9 Å². The van der Waals surface area contributed by atoms with Gasteiger partial charge in [0.05, 0.1) is 6.26 Å². The molecule has 4 rings (SSSR count). The molecule has 0 amide bonds. The highest BCUT2D eigenvalue weighted by atomic mass is 16.4. The lowest BCUT2D eigenvalue weighted by molar-refractivity contribution is -0.149. The number of aliphatic carboxylic acids is 1. The summed E-state index contributed by atoms with van der Waals surface area (Å²) in [6, 6.07) is 9.37. The average molecular weight is 352 g/mol.